The second kappa shape index (κ2) is 11.2. The molecule has 37 heavy (non-hydrogen) atoms. The highest BCUT2D eigenvalue weighted by Gasteiger charge is 2.30. The van der Waals surface area contributed by atoms with Gasteiger partial charge in [0.15, 0.2) is 0 Å². The Morgan fingerprint density at radius 1 is 0.459 bits per heavy atom. The lowest BCUT2D eigenvalue weighted by Gasteiger charge is -2.29. The quantitative estimate of drug-likeness (QED) is 0.271. The minimum atomic E-state index is -1.94. The number of halogens is 3. The van der Waals surface area contributed by atoms with E-state index in [4.69, 9.17) is 48.4 Å². The fourth-order valence-electron chi connectivity index (χ4n) is 3.80. The van der Waals surface area contributed by atoms with Crippen molar-refractivity contribution in [1.29, 1.82) is 0 Å². The summed E-state index contributed by atoms with van der Waals surface area (Å²) in [7, 11) is -1.94. The summed E-state index contributed by atoms with van der Waals surface area (Å²) in [6.07, 6.45) is 0. The van der Waals surface area contributed by atoms with E-state index in [1.54, 1.807) is 0 Å². The summed E-state index contributed by atoms with van der Waals surface area (Å²) in [5, 5.41) is 1.93. The molecule has 3 aromatic carbocycles. The van der Waals surface area contributed by atoms with Crippen molar-refractivity contribution < 1.29 is 13.6 Å². The third kappa shape index (κ3) is 7.93. The number of hydrogen-bond acceptors (Lipinski definition) is 3. The molecule has 0 saturated heterocycles. The van der Waals surface area contributed by atoms with Crippen molar-refractivity contribution >= 4 is 43.4 Å². The first kappa shape index (κ1) is 29.9. The first-order valence-electron chi connectivity index (χ1n) is 12.2. The summed E-state index contributed by atoms with van der Waals surface area (Å²) in [5.74, 6) is 1.96. The molecule has 7 heteroatoms. The van der Waals surface area contributed by atoms with Crippen LogP contribution in [0.4, 0.5) is 0 Å². The van der Waals surface area contributed by atoms with Crippen LogP contribution in [0, 0.1) is 0 Å². The maximum Gasteiger partial charge on any atom is 0.530 e. The molecule has 0 bridgehead atoms. The van der Waals surface area contributed by atoms with Gasteiger partial charge in [0.2, 0.25) is 0 Å². The van der Waals surface area contributed by atoms with Crippen LogP contribution >= 0.6 is 43.4 Å². The van der Waals surface area contributed by atoms with Crippen LogP contribution in [0.5, 0.6) is 17.2 Å². The maximum absolute atomic E-state index is 6.53. The Bertz CT molecular complexity index is 1100. The zero-order valence-electron chi connectivity index (χ0n) is 23.0. The fraction of sp³-hybridized carbons (Fsp3) is 0.400. The third-order valence-electron chi connectivity index (χ3n) is 5.77. The molecule has 3 rings (SSSR count). The van der Waals surface area contributed by atoms with Crippen LogP contribution in [0.15, 0.2) is 54.6 Å². The Morgan fingerprint density at radius 2 is 0.703 bits per heavy atom. The van der Waals surface area contributed by atoms with Crippen molar-refractivity contribution in [3.05, 3.63) is 86.4 Å². The van der Waals surface area contributed by atoms with Crippen LogP contribution in [0.3, 0.4) is 0 Å². The van der Waals surface area contributed by atoms with E-state index in [0.717, 1.165) is 16.7 Å². The summed E-state index contributed by atoms with van der Waals surface area (Å²) in [6, 6.07) is 16.8. The lowest BCUT2D eigenvalue weighted by Crippen LogP contribution is -2.17. The molecule has 0 aliphatic rings. The zero-order valence-corrected chi connectivity index (χ0v) is 26.2. The van der Waals surface area contributed by atoms with E-state index in [1.807, 2.05) is 54.6 Å². The lowest BCUT2D eigenvalue weighted by atomic mass is 9.86. The smallest absolute Gasteiger partial charge is 0.408 e. The highest BCUT2D eigenvalue weighted by atomic mass is 35.5. The summed E-state index contributed by atoms with van der Waals surface area (Å²) in [5.41, 5.74) is 2.23. The van der Waals surface area contributed by atoms with Crippen LogP contribution in [0.1, 0.15) is 79.0 Å². The van der Waals surface area contributed by atoms with Crippen molar-refractivity contribution in [3.8, 4) is 17.2 Å². The van der Waals surface area contributed by atoms with E-state index in [2.05, 4.69) is 62.3 Å². The number of benzene rings is 3. The molecule has 3 nitrogen and oxygen atoms in total. The second-order valence-corrected chi connectivity index (χ2v) is 14.5. The molecule has 200 valence electrons. The van der Waals surface area contributed by atoms with Crippen molar-refractivity contribution in [1.82, 2.24) is 0 Å². The predicted molar refractivity (Wildman–Crippen MR) is 159 cm³/mol. The molecule has 3 aromatic rings. The molecule has 0 aromatic heterocycles. The Kier molecular flexibility index (Phi) is 9.08. The molecule has 0 amide bonds. The molecule has 0 saturated carbocycles. The maximum atomic E-state index is 6.53. The van der Waals surface area contributed by atoms with Gasteiger partial charge in [0.05, 0.1) is 0 Å². The summed E-state index contributed by atoms with van der Waals surface area (Å²) in [6.45, 7) is 19.0. The minimum absolute atomic E-state index is 0.213. The zero-order chi connectivity index (χ0) is 27.8. The largest absolute Gasteiger partial charge is 0.530 e. The molecular weight excluding hydrogens is 546 g/mol. The Labute approximate surface area is 238 Å². The van der Waals surface area contributed by atoms with Crippen LogP contribution in [0.2, 0.25) is 15.1 Å². The van der Waals surface area contributed by atoms with Gasteiger partial charge in [-0.1, -0.05) is 97.1 Å². The number of rotatable bonds is 6. The van der Waals surface area contributed by atoms with Gasteiger partial charge in [-0.2, -0.15) is 0 Å². The van der Waals surface area contributed by atoms with Crippen LogP contribution in [0.25, 0.3) is 0 Å². The molecule has 0 aliphatic heterocycles. The van der Waals surface area contributed by atoms with Gasteiger partial charge in [0, 0.05) is 31.8 Å². The third-order valence-corrected chi connectivity index (χ3v) is 7.51. The van der Waals surface area contributed by atoms with E-state index in [1.165, 1.54) is 0 Å². The average molecular weight is 582 g/mol. The van der Waals surface area contributed by atoms with Crippen molar-refractivity contribution in [3.63, 3.8) is 0 Å². The second-order valence-electron chi connectivity index (χ2n) is 12.2. The summed E-state index contributed by atoms with van der Waals surface area (Å²) >= 11 is 19.1. The molecule has 0 radical (unpaired) electrons. The summed E-state index contributed by atoms with van der Waals surface area (Å²) < 4.78 is 19.6. The van der Waals surface area contributed by atoms with E-state index in [-0.39, 0.29) is 16.2 Å². The Hall–Kier alpha value is -1.64. The van der Waals surface area contributed by atoms with E-state index < -0.39 is 8.60 Å². The number of hydrogen-bond donors (Lipinski definition) is 0. The highest BCUT2D eigenvalue weighted by Crippen LogP contribution is 2.49. The SMILES string of the molecule is CC(C)(C)c1cc(Cl)ccc1OP(Oc1ccc(Cl)cc1C(C)(C)C)Oc1ccc(Cl)cc1C(C)(C)C. The molecular formula is C30H36Cl3O3P. The Morgan fingerprint density at radius 3 is 0.919 bits per heavy atom. The van der Waals surface area contributed by atoms with Gasteiger partial charge in [-0.25, -0.2) is 0 Å². The van der Waals surface area contributed by atoms with Gasteiger partial charge >= 0.3 is 8.60 Å². The molecule has 0 fully saturated rings. The van der Waals surface area contributed by atoms with Crippen molar-refractivity contribution in [2.45, 2.75) is 78.6 Å². The van der Waals surface area contributed by atoms with E-state index in [0.29, 0.717) is 32.3 Å². The van der Waals surface area contributed by atoms with Crippen LogP contribution in [-0.2, 0) is 16.2 Å². The van der Waals surface area contributed by atoms with E-state index >= 15 is 0 Å². The van der Waals surface area contributed by atoms with Gasteiger partial charge in [-0.3, -0.25) is 0 Å². The topological polar surface area (TPSA) is 27.7 Å². The average Bonchev–Trinajstić information content (AvgIpc) is 2.75. The standard InChI is InChI=1S/C30H36Cl3O3P/c1-28(2,3)22-16-19(31)10-13-25(22)34-37(35-26-14-11-20(32)17-23(26)29(4,5)6)36-27-15-12-21(33)18-24(27)30(7,8)9/h10-18H,1-9H3. The van der Waals surface area contributed by atoms with Crippen LogP contribution < -0.4 is 13.6 Å². The van der Waals surface area contributed by atoms with Crippen molar-refractivity contribution in [2.24, 2.45) is 0 Å². The monoisotopic (exact) mass is 580 g/mol. The predicted octanol–water partition coefficient (Wildman–Crippen LogP) is 11.3. The van der Waals surface area contributed by atoms with Crippen molar-refractivity contribution in [2.75, 3.05) is 0 Å². The first-order valence-corrected chi connectivity index (χ1v) is 14.4. The molecule has 0 heterocycles. The lowest BCUT2D eigenvalue weighted by molar-refractivity contribution is 0.372. The fourth-order valence-corrected chi connectivity index (χ4v) is 5.39. The van der Waals surface area contributed by atoms with Gasteiger partial charge in [-0.05, 0) is 70.8 Å². The molecule has 0 spiro atoms. The van der Waals surface area contributed by atoms with Crippen LogP contribution in [-0.4, -0.2) is 0 Å². The molecule has 0 aliphatic carbocycles. The molecule has 0 atom stereocenters. The van der Waals surface area contributed by atoms with Gasteiger partial charge < -0.3 is 13.6 Å². The normalized spacial score (nSPS) is 12.6. The Balaban J connectivity index is 2.12. The summed E-state index contributed by atoms with van der Waals surface area (Å²) in [4.78, 5) is 0. The highest BCUT2D eigenvalue weighted by molar-refractivity contribution is 7.43. The molecule has 0 N–H and O–H groups in total. The van der Waals surface area contributed by atoms with Gasteiger partial charge in [0.1, 0.15) is 17.2 Å². The van der Waals surface area contributed by atoms with Gasteiger partial charge in [0.25, 0.3) is 0 Å². The molecule has 0 unspecified atom stereocenters. The first-order chi connectivity index (χ1) is 16.9. The van der Waals surface area contributed by atoms with Gasteiger partial charge in [-0.15, -0.1) is 0 Å². The van der Waals surface area contributed by atoms with E-state index in [9.17, 15) is 0 Å². The minimum Gasteiger partial charge on any atom is -0.408 e.